The number of Topliss-reactive ketones (excluding diaryl/α,β-unsaturated/α-hetero) is 1. The van der Waals surface area contributed by atoms with E-state index in [9.17, 15) is 4.79 Å². The molecule has 0 bridgehead atoms. The predicted molar refractivity (Wildman–Crippen MR) is 113 cm³/mol. The van der Waals surface area contributed by atoms with E-state index in [1.165, 1.54) is 0 Å². The molecule has 1 aliphatic heterocycles. The smallest absolute Gasteiger partial charge is 0.189 e. The molecule has 28 heavy (non-hydrogen) atoms. The van der Waals surface area contributed by atoms with E-state index in [1.54, 1.807) is 7.11 Å². The summed E-state index contributed by atoms with van der Waals surface area (Å²) in [5, 5.41) is 0. The highest BCUT2D eigenvalue weighted by atomic mass is 35.5. The van der Waals surface area contributed by atoms with Gasteiger partial charge in [-0.1, -0.05) is 30.3 Å². The number of aryl methyl sites for hydroxylation is 1. The molecule has 0 radical (unpaired) electrons. The fraction of sp³-hybridized carbons (Fsp3) is 0.348. The van der Waals surface area contributed by atoms with Gasteiger partial charge in [-0.25, -0.2) is 0 Å². The van der Waals surface area contributed by atoms with Crippen molar-refractivity contribution in [3.63, 3.8) is 0 Å². The molecule has 1 saturated heterocycles. The summed E-state index contributed by atoms with van der Waals surface area (Å²) in [6.07, 6.45) is 3.76. The van der Waals surface area contributed by atoms with Crippen LogP contribution >= 0.6 is 12.4 Å². The van der Waals surface area contributed by atoms with Crippen molar-refractivity contribution in [1.29, 1.82) is 0 Å². The molecule has 0 spiro atoms. The molecule has 0 N–H and O–H groups in total. The van der Waals surface area contributed by atoms with Gasteiger partial charge in [-0.2, -0.15) is 0 Å². The molecule has 0 atom stereocenters. The van der Waals surface area contributed by atoms with E-state index in [-0.39, 0.29) is 18.2 Å². The van der Waals surface area contributed by atoms with Crippen molar-refractivity contribution in [3.05, 3.63) is 70.3 Å². The van der Waals surface area contributed by atoms with Gasteiger partial charge in [-0.3, -0.25) is 9.69 Å². The Morgan fingerprint density at radius 2 is 1.89 bits per heavy atom. The summed E-state index contributed by atoms with van der Waals surface area (Å²) < 4.78 is 11.0. The number of benzene rings is 2. The Balaban J connectivity index is 0.00000225. The molecule has 1 fully saturated rings. The van der Waals surface area contributed by atoms with E-state index in [2.05, 4.69) is 17.0 Å². The number of morpholine rings is 1. The van der Waals surface area contributed by atoms with Gasteiger partial charge >= 0.3 is 0 Å². The Labute approximate surface area is 172 Å². The van der Waals surface area contributed by atoms with Gasteiger partial charge in [0.15, 0.2) is 5.78 Å². The van der Waals surface area contributed by atoms with Crippen molar-refractivity contribution in [3.8, 4) is 5.75 Å². The van der Waals surface area contributed by atoms with Crippen LogP contribution in [0.25, 0.3) is 6.08 Å². The lowest BCUT2D eigenvalue weighted by Gasteiger charge is -2.27. The molecule has 1 heterocycles. The third-order valence-corrected chi connectivity index (χ3v) is 5.36. The van der Waals surface area contributed by atoms with Crippen LogP contribution in [0.15, 0.2) is 48.0 Å². The number of carbonyl (C=O) groups is 1. The minimum absolute atomic E-state index is 0. The van der Waals surface area contributed by atoms with E-state index in [1.807, 2.05) is 36.4 Å². The van der Waals surface area contributed by atoms with Gasteiger partial charge in [0.25, 0.3) is 0 Å². The largest absolute Gasteiger partial charge is 0.496 e. The minimum atomic E-state index is 0. The van der Waals surface area contributed by atoms with Crippen LogP contribution in [0, 0.1) is 0 Å². The van der Waals surface area contributed by atoms with Crippen LogP contribution in [-0.4, -0.2) is 44.1 Å². The molecule has 2 aliphatic rings. The predicted octanol–water partition coefficient (Wildman–Crippen LogP) is 4.16. The van der Waals surface area contributed by atoms with Gasteiger partial charge in [-0.05, 0) is 42.2 Å². The third-order valence-electron chi connectivity index (χ3n) is 5.36. The fourth-order valence-corrected chi connectivity index (χ4v) is 3.87. The standard InChI is InChI=1S/C23H25NO3.ClH/c1-26-22-9-6-17(15-20(22)16-24-10-12-27-13-11-24)14-19-8-7-18-4-2-3-5-21(18)23(19)25;/h2-6,9,14-15H,7-8,10-13,16H2,1H3;1H/b19-14+;. The Morgan fingerprint density at radius 1 is 1.11 bits per heavy atom. The minimum Gasteiger partial charge on any atom is -0.496 e. The molecule has 0 aromatic heterocycles. The lowest BCUT2D eigenvalue weighted by atomic mass is 9.86. The van der Waals surface area contributed by atoms with E-state index >= 15 is 0 Å². The van der Waals surface area contributed by atoms with E-state index in [0.717, 1.165) is 79.3 Å². The van der Waals surface area contributed by atoms with Crippen LogP contribution in [0.5, 0.6) is 5.75 Å². The molecule has 0 saturated carbocycles. The first-order chi connectivity index (χ1) is 13.2. The first-order valence-corrected chi connectivity index (χ1v) is 9.55. The number of methoxy groups -OCH3 is 1. The van der Waals surface area contributed by atoms with Crippen LogP contribution in [0.2, 0.25) is 0 Å². The maximum atomic E-state index is 12.8. The molecule has 4 rings (SSSR count). The number of ether oxygens (including phenoxy) is 2. The number of allylic oxidation sites excluding steroid dienone is 1. The van der Waals surface area contributed by atoms with Gasteiger partial charge in [-0.15, -0.1) is 12.4 Å². The first-order valence-electron chi connectivity index (χ1n) is 9.55. The molecule has 2 aromatic rings. The van der Waals surface area contributed by atoms with E-state index < -0.39 is 0 Å². The monoisotopic (exact) mass is 399 g/mol. The highest BCUT2D eigenvalue weighted by molar-refractivity contribution is 6.13. The molecule has 1 aliphatic carbocycles. The highest BCUT2D eigenvalue weighted by Crippen LogP contribution is 2.28. The van der Waals surface area contributed by atoms with Gasteiger partial charge < -0.3 is 9.47 Å². The Bertz CT molecular complexity index is 872. The maximum absolute atomic E-state index is 12.8. The Hall–Kier alpha value is -2.14. The summed E-state index contributed by atoms with van der Waals surface area (Å²) in [6.45, 7) is 4.26. The highest BCUT2D eigenvalue weighted by Gasteiger charge is 2.21. The number of carbonyl (C=O) groups excluding carboxylic acids is 1. The molecule has 2 aromatic carbocycles. The molecule has 0 unspecified atom stereocenters. The summed E-state index contributed by atoms with van der Waals surface area (Å²) >= 11 is 0. The summed E-state index contributed by atoms with van der Waals surface area (Å²) in [7, 11) is 1.71. The number of rotatable bonds is 4. The van der Waals surface area contributed by atoms with E-state index in [4.69, 9.17) is 9.47 Å². The fourth-order valence-electron chi connectivity index (χ4n) is 3.87. The first kappa shape index (κ1) is 20.6. The molecule has 5 heteroatoms. The van der Waals surface area contributed by atoms with Crippen LogP contribution in [0.1, 0.15) is 33.5 Å². The van der Waals surface area contributed by atoms with E-state index in [0.29, 0.717) is 0 Å². The SMILES string of the molecule is COc1ccc(/C=C2\CCc3ccccc3C2=O)cc1CN1CCOCC1.Cl. The van der Waals surface area contributed by atoms with Gasteiger partial charge in [0.05, 0.1) is 20.3 Å². The van der Waals surface area contributed by atoms with Crippen molar-refractivity contribution in [2.24, 2.45) is 0 Å². The average molecular weight is 400 g/mol. The van der Waals surface area contributed by atoms with Crippen LogP contribution < -0.4 is 4.74 Å². The normalized spacial score (nSPS) is 18.5. The molecular weight excluding hydrogens is 374 g/mol. The number of ketones is 1. The Kier molecular flexibility index (Phi) is 6.89. The number of hydrogen-bond acceptors (Lipinski definition) is 4. The van der Waals surface area contributed by atoms with Crippen LogP contribution in [-0.2, 0) is 17.7 Å². The summed E-state index contributed by atoms with van der Waals surface area (Å²) in [5.74, 6) is 1.05. The zero-order valence-corrected chi connectivity index (χ0v) is 17.0. The second-order valence-electron chi connectivity index (χ2n) is 7.12. The number of nitrogens with zero attached hydrogens (tertiary/aromatic N) is 1. The molecule has 0 amide bonds. The number of hydrogen-bond donors (Lipinski definition) is 0. The topological polar surface area (TPSA) is 38.8 Å². The lowest BCUT2D eigenvalue weighted by molar-refractivity contribution is 0.0339. The number of halogens is 1. The molecule has 4 nitrogen and oxygen atoms in total. The van der Waals surface area contributed by atoms with Gasteiger partial charge in [0.1, 0.15) is 5.75 Å². The van der Waals surface area contributed by atoms with Gasteiger partial charge in [0, 0.05) is 36.3 Å². The Morgan fingerprint density at radius 3 is 2.68 bits per heavy atom. The summed E-state index contributed by atoms with van der Waals surface area (Å²) in [6, 6.07) is 14.1. The third kappa shape index (κ3) is 4.46. The second-order valence-corrected chi connectivity index (χ2v) is 7.12. The zero-order valence-electron chi connectivity index (χ0n) is 16.1. The van der Waals surface area contributed by atoms with Crippen molar-refractivity contribution >= 4 is 24.3 Å². The zero-order chi connectivity index (χ0) is 18.6. The maximum Gasteiger partial charge on any atom is 0.189 e. The van der Waals surface area contributed by atoms with Crippen molar-refractivity contribution in [1.82, 2.24) is 4.90 Å². The summed E-state index contributed by atoms with van der Waals surface area (Å²) in [4.78, 5) is 15.2. The van der Waals surface area contributed by atoms with Crippen LogP contribution in [0.4, 0.5) is 0 Å². The second kappa shape index (κ2) is 9.37. The van der Waals surface area contributed by atoms with Gasteiger partial charge in [0.2, 0.25) is 0 Å². The molecular formula is C23H26ClNO3. The van der Waals surface area contributed by atoms with Crippen LogP contribution in [0.3, 0.4) is 0 Å². The summed E-state index contributed by atoms with van der Waals surface area (Å²) in [5.41, 5.74) is 5.09. The average Bonchev–Trinajstić information content (AvgIpc) is 2.71. The lowest BCUT2D eigenvalue weighted by Crippen LogP contribution is -2.35. The molecule has 148 valence electrons. The van der Waals surface area contributed by atoms with Crippen molar-refractivity contribution < 1.29 is 14.3 Å². The van der Waals surface area contributed by atoms with Crippen molar-refractivity contribution in [2.75, 3.05) is 33.4 Å². The number of fused-ring (bicyclic) bond motifs is 1. The van der Waals surface area contributed by atoms with Crippen molar-refractivity contribution in [2.45, 2.75) is 19.4 Å². The quantitative estimate of drug-likeness (QED) is 0.723.